The van der Waals surface area contributed by atoms with Crippen molar-refractivity contribution in [2.75, 3.05) is 13.6 Å². The Labute approximate surface area is 69.2 Å². The van der Waals surface area contributed by atoms with Gasteiger partial charge in [0.05, 0.1) is 6.17 Å². The molecular weight excluding hydrogens is 136 g/mol. The van der Waals surface area contributed by atoms with Crippen LogP contribution in [0.5, 0.6) is 0 Å². The summed E-state index contributed by atoms with van der Waals surface area (Å²) in [5, 5.41) is 0. The van der Waals surface area contributed by atoms with E-state index in [1.807, 2.05) is 0 Å². The van der Waals surface area contributed by atoms with Crippen LogP contribution in [-0.4, -0.2) is 41.6 Å². The fourth-order valence-corrected chi connectivity index (χ4v) is 2.53. The van der Waals surface area contributed by atoms with Gasteiger partial charge in [0.15, 0.2) is 0 Å². The van der Waals surface area contributed by atoms with E-state index in [2.05, 4.69) is 30.7 Å². The van der Waals surface area contributed by atoms with Crippen molar-refractivity contribution in [3.8, 4) is 0 Å². The Bertz CT molecular complexity index is 156. The number of hydrogen-bond donors (Lipinski definition) is 0. The summed E-state index contributed by atoms with van der Waals surface area (Å²) in [7, 11) is 2.27. The van der Waals surface area contributed by atoms with Gasteiger partial charge in [-0.25, -0.2) is 0 Å². The second kappa shape index (κ2) is 2.46. The van der Waals surface area contributed by atoms with Gasteiger partial charge in [-0.1, -0.05) is 0 Å². The average molecular weight is 154 g/mol. The highest BCUT2D eigenvalue weighted by Gasteiger charge is 2.42. The van der Waals surface area contributed by atoms with Gasteiger partial charge in [0.1, 0.15) is 0 Å². The number of likely N-dealkylation sites (tertiary alicyclic amines) is 1. The standard InChI is InChI=1S/C9H18N2/c1-7(2)11-6-8-4-5-9(11)10(8)3/h7-9H,4-6H2,1-3H3. The van der Waals surface area contributed by atoms with Crippen molar-refractivity contribution in [2.45, 2.75) is 44.9 Å². The van der Waals surface area contributed by atoms with Crippen molar-refractivity contribution >= 4 is 0 Å². The first-order valence-electron chi connectivity index (χ1n) is 4.68. The molecule has 0 aromatic carbocycles. The minimum absolute atomic E-state index is 0.729. The highest BCUT2D eigenvalue weighted by molar-refractivity contribution is 4.96. The lowest BCUT2D eigenvalue weighted by molar-refractivity contribution is 0.135. The Hall–Kier alpha value is -0.0800. The van der Waals surface area contributed by atoms with Crippen molar-refractivity contribution in [2.24, 2.45) is 0 Å². The van der Waals surface area contributed by atoms with E-state index in [4.69, 9.17) is 0 Å². The molecule has 0 amide bonds. The van der Waals surface area contributed by atoms with E-state index in [9.17, 15) is 0 Å². The summed E-state index contributed by atoms with van der Waals surface area (Å²) in [5.41, 5.74) is 0. The van der Waals surface area contributed by atoms with E-state index in [0.717, 1.165) is 18.2 Å². The Kier molecular flexibility index (Phi) is 1.69. The third kappa shape index (κ3) is 1.00. The second-order valence-corrected chi connectivity index (χ2v) is 4.17. The van der Waals surface area contributed by atoms with Gasteiger partial charge < -0.3 is 0 Å². The molecular formula is C9H18N2. The lowest BCUT2D eigenvalue weighted by atomic mass is 10.1. The first-order chi connectivity index (χ1) is 5.20. The monoisotopic (exact) mass is 154 g/mol. The minimum Gasteiger partial charge on any atom is -0.287 e. The van der Waals surface area contributed by atoms with Gasteiger partial charge in [-0.15, -0.1) is 0 Å². The van der Waals surface area contributed by atoms with Crippen LogP contribution in [0, 0.1) is 0 Å². The molecule has 2 aliphatic rings. The van der Waals surface area contributed by atoms with Crippen LogP contribution in [0.1, 0.15) is 26.7 Å². The zero-order chi connectivity index (χ0) is 8.01. The molecule has 0 aromatic heterocycles. The lowest BCUT2D eigenvalue weighted by Gasteiger charge is -2.29. The molecule has 0 aromatic rings. The number of likely N-dealkylation sites (N-methyl/N-ethyl adjacent to an activating group) is 1. The van der Waals surface area contributed by atoms with Crippen LogP contribution in [0.15, 0.2) is 0 Å². The average Bonchev–Trinajstić information content (AvgIpc) is 2.46. The van der Waals surface area contributed by atoms with Gasteiger partial charge in [0.2, 0.25) is 0 Å². The molecule has 2 fully saturated rings. The summed E-state index contributed by atoms with van der Waals surface area (Å²) in [6.45, 7) is 5.90. The summed E-state index contributed by atoms with van der Waals surface area (Å²) < 4.78 is 0. The van der Waals surface area contributed by atoms with Crippen molar-refractivity contribution in [3.05, 3.63) is 0 Å². The SMILES string of the molecule is CC(C)N1CC2CCC1N2C. The summed E-state index contributed by atoms with van der Waals surface area (Å²) in [6.07, 6.45) is 3.57. The maximum absolute atomic E-state index is 2.62. The Morgan fingerprint density at radius 3 is 2.27 bits per heavy atom. The first-order valence-corrected chi connectivity index (χ1v) is 4.68. The van der Waals surface area contributed by atoms with Gasteiger partial charge >= 0.3 is 0 Å². The molecule has 0 N–H and O–H groups in total. The van der Waals surface area contributed by atoms with Crippen molar-refractivity contribution < 1.29 is 0 Å². The van der Waals surface area contributed by atoms with Crippen LogP contribution >= 0.6 is 0 Å². The molecule has 2 heterocycles. The number of fused-ring (bicyclic) bond motifs is 2. The van der Waals surface area contributed by atoms with Gasteiger partial charge in [-0.3, -0.25) is 9.80 Å². The molecule has 0 aliphatic carbocycles. The maximum atomic E-state index is 2.62. The fourth-order valence-electron chi connectivity index (χ4n) is 2.53. The zero-order valence-corrected chi connectivity index (χ0v) is 7.75. The molecule has 0 radical (unpaired) electrons. The molecule has 2 saturated heterocycles. The third-order valence-electron chi connectivity index (χ3n) is 3.27. The van der Waals surface area contributed by atoms with E-state index in [1.54, 1.807) is 0 Å². The summed E-state index contributed by atoms with van der Waals surface area (Å²) >= 11 is 0. The summed E-state index contributed by atoms with van der Waals surface area (Å²) in [4.78, 5) is 5.16. The Morgan fingerprint density at radius 2 is 2.00 bits per heavy atom. The van der Waals surface area contributed by atoms with Crippen LogP contribution in [0.4, 0.5) is 0 Å². The predicted molar refractivity (Wildman–Crippen MR) is 46.4 cm³/mol. The maximum Gasteiger partial charge on any atom is 0.0626 e. The van der Waals surface area contributed by atoms with Crippen molar-refractivity contribution in [1.82, 2.24) is 9.80 Å². The summed E-state index contributed by atoms with van der Waals surface area (Å²) in [6, 6.07) is 1.59. The molecule has 2 bridgehead atoms. The van der Waals surface area contributed by atoms with E-state index >= 15 is 0 Å². The normalized spacial score (nSPS) is 39.3. The Balaban J connectivity index is 2.09. The smallest absolute Gasteiger partial charge is 0.0626 e. The number of piperidine rings is 1. The topological polar surface area (TPSA) is 6.48 Å². The van der Waals surface area contributed by atoms with Gasteiger partial charge in [-0.05, 0) is 33.7 Å². The summed E-state index contributed by atoms with van der Waals surface area (Å²) in [5.74, 6) is 0. The van der Waals surface area contributed by atoms with Crippen LogP contribution in [0.2, 0.25) is 0 Å². The molecule has 2 aliphatic heterocycles. The van der Waals surface area contributed by atoms with Gasteiger partial charge in [-0.2, -0.15) is 0 Å². The number of nitrogens with zero attached hydrogens (tertiary/aromatic N) is 2. The van der Waals surface area contributed by atoms with E-state index in [-0.39, 0.29) is 0 Å². The van der Waals surface area contributed by atoms with Gasteiger partial charge in [0.25, 0.3) is 0 Å². The second-order valence-electron chi connectivity index (χ2n) is 4.17. The lowest BCUT2D eigenvalue weighted by Crippen LogP contribution is -2.40. The van der Waals surface area contributed by atoms with Crippen LogP contribution in [0.3, 0.4) is 0 Å². The highest BCUT2D eigenvalue weighted by Crippen LogP contribution is 2.33. The molecule has 2 rings (SSSR count). The van der Waals surface area contributed by atoms with E-state index in [1.165, 1.54) is 19.4 Å². The molecule has 11 heavy (non-hydrogen) atoms. The molecule has 0 spiro atoms. The van der Waals surface area contributed by atoms with Crippen LogP contribution in [0.25, 0.3) is 0 Å². The molecule has 2 atom stereocenters. The predicted octanol–water partition coefficient (Wildman–Crippen LogP) is 1.13. The molecule has 2 heteroatoms. The molecule has 2 unspecified atom stereocenters. The fraction of sp³-hybridized carbons (Fsp3) is 1.00. The quantitative estimate of drug-likeness (QED) is 0.558. The third-order valence-corrected chi connectivity index (χ3v) is 3.27. The Morgan fingerprint density at radius 1 is 1.27 bits per heavy atom. The van der Waals surface area contributed by atoms with Gasteiger partial charge in [0, 0.05) is 18.6 Å². The molecule has 64 valence electrons. The van der Waals surface area contributed by atoms with Crippen molar-refractivity contribution in [3.63, 3.8) is 0 Å². The first kappa shape index (κ1) is 7.56. The zero-order valence-electron chi connectivity index (χ0n) is 7.75. The van der Waals surface area contributed by atoms with Crippen LogP contribution < -0.4 is 0 Å². The van der Waals surface area contributed by atoms with Crippen molar-refractivity contribution in [1.29, 1.82) is 0 Å². The molecule has 0 saturated carbocycles. The number of hydrogen-bond acceptors (Lipinski definition) is 2. The minimum atomic E-state index is 0.729. The van der Waals surface area contributed by atoms with E-state index < -0.39 is 0 Å². The van der Waals surface area contributed by atoms with E-state index in [0.29, 0.717) is 0 Å². The number of rotatable bonds is 1. The van der Waals surface area contributed by atoms with Crippen LogP contribution in [-0.2, 0) is 0 Å². The molecule has 2 nitrogen and oxygen atoms in total. The highest BCUT2D eigenvalue weighted by atomic mass is 15.4. The largest absolute Gasteiger partial charge is 0.287 e.